The third kappa shape index (κ3) is 2.47. The summed E-state index contributed by atoms with van der Waals surface area (Å²) in [7, 11) is 1.89. The Bertz CT molecular complexity index is 766. The Morgan fingerprint density at radius 1 is 1.14 bits per heavy atom. The summed E-state index contributed by atoms with van der Waals surface area (Å²) < 4.78 is 1.76. The Morgan fingerprint density at radius 3 is 2.48 bits per heavy atom. The highest BCUT2D eigenvalue weighted by molar-refractivity contribution is 7.15. The van der Waals surface area contributed by atoms with E-state index in [0.29, 0.717) is 5.82 Å². The van der Waals surface area contributed by atoms with Crippen molar-refractivity contribution in [2.24, 2.45) is 7.05 Å². The first-order chi connectivity index (χ1) is 10.1. The van der Waals surface area contributed by atoms with E-state index in [0.717, 1.165) is 23.2 Å². The van der Waals surface area contributed by atoms with Crippen molar-refractivity contribution in [2.45, 2.75) is 20.3 Å². The Kier molecular flexibility index (Phi) is 3.55. The monoisotopic (exact) mass is 297 g/mol. The Balaban J connectivity index is 2.17. The first-order valence-corrected chi connectivity index (χ1v) is 7.90. The van der Waals surface area contributed by atoms with E-state index >= 15 is 0 Å². The smallest absolute Gasteiger partial charge is 0.129 e. The van der Waals surface area contributed by atoms with Gasteiger partial charge in [-0.05, 0) is 31.0 Å². The van der Waals surface area contributed by atoms with Gasteiger partial charge in [0.15, 0.2) is 0 Å². The largest absolute Gasteiger partial charge is 0.383 e. The van der Waals surface area contributed by atoms with Gasteiger partial charge in [0.25, 0.3) is 0 Å². The summed E-state index contributed by atoms with van der Waals surface area (Å²) in [6, 6.07) is 12.8. The van der Waals surface area contributed by atoms with Crippen molar-refractivity contribution in [1.82, 2.24) is 9.78 Å². The first kappa shape index (κ1) is 13.9. The molecule has 0 spiro atoms. The molecule has 3 nitrogen and oxygen atoms in total. The van der Waals surface area contributed by atoms with Crippen molar-refractivity contribution in [2.75, 3.05) is 5.73 Å². The van der Waals surface area contributed by atoms with E-state index in [-0.39, 0.29) is 0 Å². The number of nitrogens with zero attached hydrogens (tertiary/aromatic N) is 2. The highest BCUT2D eigenvalue weighted by atomic mass is 32.1. The van der Waals surface area contributed by atoms with Crippen LogP contribution in [0.2, 0.25) is 0 Å². The van der Waals surface area contributed by atoms with Crippen LogP contribution in [0.4, 0.5) is 5.82 Å². The lowest BCUT2D eigenvalue weighted by atomic mass is 10.0. The van der Waals surface area contributed by atoms with Crippen LogP contribution in [0.15, 0.2) is 36.4 Å². The van der Waals surface area contributed by atoms with E-state index in [2.05, 4.69) is 55.3 Å². The van der Waals surface area contributed by atoms with Crippen molar-refractivity contribution in [3.05, 3.63) is 46.8 Å². The normalized spacial score (nSPS) is 11.0. The fraction of sp³-hybridized carbons (Fsp3) is 0.235. The van der Waals surface area contributed by atoms with Gasteiger partial charge in [0, 0.05) is 11.9 Å². The number of nitrogen functional groups attached to an aromatic ring is 1. The van der Waals surface area contributed by atoms with Gasteiger partial charge in [0.2, 0.25) is 0 Å². The summed E-state index contributed by atoms with van der Waals surface area (Å²) in [6.45, 7) is 4.26. The molecule has 0 saturated carbocycles. The second kappa shape index (κ2) is 5.37. The molecule has 0 unspecified atom stereocenters. The molecular formula is C17H19N3S. The maximum absolute atomic E-state index is 6.26. The van der Waals surface area contributed by atoms with Gasteiger partial charge in [-0.15, -0.1) is 11.3 Å². The third-order valence-electron chi connectivity index (χ3n) is 3.68. The van der Waals surface area contributed by atoms with Crippen molar-refractivity contribution in [3.63, 3.8) is 0 Å². The second-order valence-electron chi connectivity index (χ2n) is 5.22. The summed E-state index contributed by atoms with van der Waals surface area (Å²) in [5.41, 5.74) is 10.6. The molecule has 108 valence electrons. The predicted octanol–water partition coefficient (Wildman–Crippen LogP) is 4.27. The molecule has 2 aromatic heterocycles. The van der Waals surface area contributed by atoms with Crippen molar-refractivity contribution < 1.29 is 0 Å². The lowest BCUT2D eigenvalue weighted by Crippen LogP contribution is -1.97. The van der Waals surface area contributed by atoms with Gasteiger partial charge in [-0.3, -0.25) is 4.68 Å². The van der Waals surface area contributed by atoms with Gasteiger partial charge in [-0.25, -0.2) is 0 Å². The molecule has 0 saturated heterocycles. The average molecular weight is 297 g/mol. The van der Waals surface area contributed by atoms with Gasteiger partial charge < -0.3 is 5.73 Å². The molecule has 0 bridgehead atoms. The van der Waals surface area contributed by atoms with Gasteiger partial charge in [-0.1, -0.05) is 36.8 Å². The number of nitrogens with two attached hydrogens (primary N) is 1. The summed E-state index contributed by atoms with van der Waals surface area (Å²) in [5.74, 6) is 0.709. The Morgan fingerprint density at radius 2 is 1.86 bits per heavy atom. The summed E-state index contributed by atoms with van der Waals surface area (Å²) in [4.78, 5) is 2.54. The molecule has 0 radical (unpaired) electrons. The second-order valence-corrected chi connectivity index (χ2v) is 6.39. The minimum absolute atomic E-state index is 0.709. The van der Waals surface area contributed by atoms with E-state index < -0.39 is 0 Å². The van der Waals surface area contributed by atoms with Gasteiger partial charge in [0.05, 0.1) is 10.4 Å². The quantitative estimate of drug-likeness (QED) is 0.784. The van der Waals surface area contributed by atoms with Crippen LogP contribution < -0.4 is 5.73 Å². The van der Waals surface area contributed by atoms with E-state index in [1.54, 1.807) is 16.0 Å². The molecule has 0 fully saturated rings. The molecule has 4 heteroatoms. The number of rotatable bonds is 3. The SMILES string of the molecule is CCc1ccc(-c2nn(C)c(N)c2-c2ccc(C)cc2)s1. The van der Waals surface area contributed by atoms with E-state index in [1.165, 1.54) is 15.3 Å². The molecule has 0 amide bonds. The lowest BCUT2D eigenvalue weighted by molar-refractivity contribution is 0.783. The van der Waals surface area contributed by atoms with Crippen LogP contribution in [-0.2, 0) is 13.5 Å². The van der Waals surface area contributed by atoms with Gasteiger partial charge >= 0.3 is 0 Å². The fourth-order valence-electron chi connectivity index (χ4n) is 2.41. The van der Waals surface area contributed by atoms with Crippen LogP contribution in [0.5, 0.6) is 0 Å². The molecule has 21 heavy (non-hydrogen) atoms. The van der Waals surface area contributed by atoms with Crippen LogP contribution in [-0.4, -0.2) is 9.78 Å². The van der Waals surface area contributed by atoms with Crippen molar-refractivity contribution in [1.29, 1.82) is 0 Å². The highest BCUT2D eigenvalue weighted by Gasteiger charge is 2.18. The summed E-state index contributed by atoms with van der Waals surface area (Å²) in [5, 5.41) is 4.63. The molecular weight excluding hydrogens is 278 g/mol. The molecule has 3 rings (SSSR count). The maximum Gasteiger partial charge on any atom is 0.129 e. The lowest BCUT2D eigenvalue weighted by Gasteiger charge is -2.04. The van der Waals surface area contributed by atoms with Crippen molar-refractivity contribution in [3.8, 4) is 21.7 Å². The van der Waals surface area contributed by atoms with Crippen LogP contribution in [0.1, 0.15) is 17.4 Å². The third-order valence-corrected chi connectivity index (χ3v) is 4.91. The zero-order valence-electron chi connectivity index (χ0n) is 12.6. The maximum atomic E-state index is 6.26. The van der Waals surface area contributed by atoms with Gasteiger partial charge in [-0.2, -0.15) is 5.10 Å². The molecule has 3 aromatic rings. The Hall–Kier alpha value is -2.07. The fourth-order valence-corrected chi connectivity index (χ4v) is 3.35. The van der Waals surface area contributed by atoms with Crippen molar-refractivity contribution >= 4 is 17.2 Å². The van der Waals surface area contributed by atoms with E-state index in [4.69, 9.17) is 5.73 Å². The van der Waals surface area contributed by atoms with Gasteiger partial charge in [0.1, 0.15) is 11.5 Å². The predicted molar refractivity (Wildman–Crippen MR) is 90.5 cm³/mol. The number of aromatic nitrogens is 2. The standard InChI is InChI=1S/C17H19N3S/c1-4-13-9-10-14(21-13)16-15(17(18)20(3)19-16)12-7-5-11(2)6-8-12/h5-10H,4,18H2,1-3H3. The van der Waals surface area contributed by atoms with Crippen LogP contribution in [0.25, 0.3) is 21.7 Å². The molecule has 2 heterocycles. The number of hydrogen-bond acceptors (Lipinski definition) is 3. The first-order valence-electron chi connectivity index (χ1n) is 7.08. The molecule has 0 aliphatic heterocycles. The van der Waals surface area contributed by atoms with Crippen LogP contribution in [0, 0.1) is 6.92 Å². The number of thiophene rings is 1. The molecule has 0 aliphatic rings. The Labute approximate surface area is 129 Å². The molecule has 0 aliphatic carbocycles. The number of hydrogen-bond donors (Lipinski definition) is 1. The van der Waals surface area contributed by atoms with Crippen LogP contribution in [0.3, 0.4) is 0 Å². The topological polar surface area (TPSA) is 43.8 Å². The number of aryl methyl sites for hydroxylation is 3. The summed E-state index contributed by atoms with van der Waals surface area (Å²) in [6.07, 6.45) is 1.05. The number of anilines is 1. The van der Waals surface area contributed by atoms with E-state index in [9.17, 15) is 0 Å². The highest BCUT2D eigenvalue weighted by Crippen LogP contribution is 2.38. The minimum atomic E-state index is 0.709. The number of benzene rings is 1. The summed E-state index contributed by atoms with van der Waals surface area (Å²) >= 11 is 1.79. The van der Waals surface area contributed by atoms with Crippen LogP contribution >= 0.6 is 11.3 Å². The zero-order valence-corrected chi connectivity index (χ0v) is 13.4. The zero-order chi connectivity index (χ0) is 15.0. The average Bonchev–Trinajstić information content (AvgIpc) is 3.06. The molecule has 1 aromatic carbocycles. The minimum Gasteiger partial charge on any atom is -0.383 e. The molecule has 2 N–H and O–H groups in total. The molecule has 0 atom stereocenters. The van der Waals surface area contributed by atoms with E-state index in [1.807, 2.05) is 7.05 Å².